The van der Waals surface area contributed by atoms with E-state index in [1.54, 1.807) is 19.1 Å². The largest absolute Gasteiger partial charge is 0.462 e. The highest BCUT2D eigenvalue weighted by Crippen LogP contribution is 2.13. The van der Waals surface area contributed by atoms with Crippen molar-refractivity contribution in [2.75, 3.05) is 13.2 Å². The zero-order valence-corrected chi connectivity index (χ0v) is 14.7. The SMILES string of the molecule is CCOC(=O)c1ccc(S(=O)(=O)NCCc2cccc(Cl)c2)cc1. The molecule has 1 N–H and O–H groups in total. The summed E-state index contributed by atoms with van der Waals surface area (Å²) in [6, 6.07) is 12.9. The molecule has 0 atom stereocenters. The van der Waals surface area contributed by atoms with Gasteiger partial charge in [0.1, 0.15) is 0 Å². The molecule has 0 saturated heterocycles. The first-order valence-corrected chi connectivity index (χ1v) is 9.30. The molecule has 0 amide bonds. The fourth-order valence-electron chi connectivity index (χ4n) is 2.09. The molecular formula is C17H18ClNO4S. The monoisotopic (exact) mass is 367 g/mol. The van der Waals surface area contributed by atoms with E-state index in [2.05, 4.69) is 4.72 Å². The number of nitrogens with one attached hydrogen (secondary N) is 1. The normalized spacial score (nSPS) is 11.2. The van der Waals surface area contributed by atoms with E-state index in [0.717, 1.165) is 5.56 Å². The number of carbonyl (C=O) groups is 1. The quantitative estimate of drug-likeness (QED) is 0.763. The van der Waals surface area contributed by atoms with Gasteiger partial charge in [0.05, 0.1) is 17.1 Å². The second-order valence-electron chi connectivity index (χ2n) is 5.02. The summed E-state index contributed by atoms with van der Waals surface area (Å²) in [4.78, 5) is 11.7. The van der Waals surface area contributed by atoms with E-state index >= 15 is 0 Å². The van der Waals surface area contributed by atoms with Crippen LogP contribution in [0.4, 0.5) is 0 Å². The van der Waals surface area contributed by atoms with E-state index in [1.807, 2.05) is 12.1 Å². The Labute approximate surface area is 146 Å². The Hall–Kier alpha value is -1.89. The molecule has 2 aromatic rings. The van der Waals surface area contributed by atoms with Crippen LogP contribution < -0.4 is 4.72 Å². The van der Waals surface area contributed by atoms with Gasteiger partial charge in [-0.3, -0.25) is 0 Å². The van der Waals surface area contributed by atoms with Crippen molar-refractivity contribution in [1.82, 2.24) is 4.72 Å². The van der Waals surface area contributed by atoms with Crippen LogP contribution in [0.15, 0.2) is 53.4 Å². The van der Waals surface area contributed by atoms with Crippen LogP contribution in [0.2, 0.25) is 5.02 Å². The molecular weight excluding hydrogens is 350 g/mol. The Kier molecular flexibility index (Phi) is 6.36. The van der Waals surface area contributed by atoms with Crippen molar-refractivity contribution >= 4 is 27.6 Å². The van der Waals surface area contributed by atoms with Crippen LogP contribution in [0.5, 0.6) is 0 Å². The maximum Gasteiger partial charge on any atom is 0.338 e. The number of hydrogen-bond acceptors (Lipinski definition) is 4. The number of hydrogen-bond donors (Lipinski definition) is 1. The Morgan fingerprint density at radius 2 is 1.88 bits per heavy atom. The third-order valence-electron chi connectivity index (χ3n) is 3.27. The topological polar surface area (TPSA) is 72.5 Å². The third kappa shape index (κ3) is 5.06. The molecule has 24 heavy (non-hydrogen) atoms. The third-order valence-corrected chi connectivity index (χ3v) is 4.98. The molecule has 7 heteroatoms. The zero-order chi connectivity index (χ0) is 17.6. The number of ether oxygens (including phenoxy) is 1. The lowest BCUT2D eigenvalue weighted by atomic mass is 10.2. The lowest BCUT2D eigenvalue weighted by molar-refractivity contribution is 0.0526. The average molecular weight is 368 g/mol. The van der Waals surface area contributed by atoms with Gasteiger partial charge in [-0.25, -0.2) is 17.9 Å². The molecule has 0 aliphatic heterocycles. The van der Waals surface area contributed by atoms with Crippen molar-refractivity contribution in [3.63, 3.8) is 0 Å². The Morgan fingerprint density at radius 1 is 1.17 bits per heavy atom. The second-order valence-corrected chi connectivity index (χ2v) is 7.23. The summed E-state index contributed by atoms with van der Waals surface area (Å²) in [5, 5.41) is 0.616. The standard InChI is InChI=1S/C17H18ClNO4S/c1-2-23-17(20)14-6-8-16(9-7-14)24(21,22)19-11-10-13-4-3-5-15(18)12-13/h3-9,12,19H,2,10-11H2,1H3. The van der Waals surface area contributed by atoms with Gasteiger partial charge >= 0.3 is 5.97 Å². The molecule has 0 saturated carbocycles. The van der Waals surface area contributed by atoms with Gasteiger partial charge in [0.25, 0.3) is 0 Å². The molecule has 0 heterocycles. The summed E-state index contributed by atoms with van der Waals surface area (Å²) >= 11 is 5.90. The molecule has 128 valence electrons. The fourth-order valence-corrected chi connectivity index (χ4v) is 3.33. The van der Waals surface area contributed by atoms with Gasteiger partial charge in [-0.2, -0.15) is 0 Å². The van der Waals surface area contributed by atoms with Gasteiger partial charge in [0.15, 0.2) is 0 Å². The predicted octanol–water partition coefficient (Wildman–Crippen LogP) is 3.04. The number of benzene rings is 2. The van der Waals surface area contributed by atoms with E-state index in [-0.39, 0.29) is 18.0 Å². The highest BCUT2D eigenvalue weighted by atomic mass is 35.5. The van der Waals surface area contributed by atoms with Crippen LogP contribution in [0.3, 0.4) is 0 Å². The first-order valence-electron chi connectivity index (χ1n) is 7.43. The summed E-state index contributed by atoms with van der Waals surface area (Å²) in [7, 11) is -3.63. The number of rotatable bonds is 7. The Bertz CT molecular complexity index is 804. The van der Waals surface area contributed by atoms with Crippen LogP contribution in [-0.4, -0.2) is 27.5 Å². The van der Waals surface area contributed by atoms with Crippen LogP contribution in [0.1, 0.15) is 22.8 Å². The lowest BCUT2D eigenvalue weighted by Crippen LogP contribution is -2.26. The van der Waals surface area contributed by atoms with E-state index in [1.165, 1.54) is 24.3 Å². The zero-order valence-electron chi connectivity index (χ0n) is 13.2. The fraction of sp³-hybridized carbons (Fsp3) is 0.235. The molecule has 0 aliphatic carbocycles. The Balaban J connectivity index is 1.98. The molecule has 2 aromatic carbocycles. The van der Waals surface area contributed by atoms with E-state index in [4.69, 9.17) is 16.3 Å². The maximum atomic E-state index is 12.2. The molecule has 0 bridgehead atoms. The minimum absolute atomic E-state index is 0.0987. The number of halogens is 1. The number of esters is 1. The molecule has 0 unspecified atom stereocenters. The summed E-state index contributed by atoms with van der Waals surface area (Å²) in [6.07, 6.45) is 0.528. The highest BCUT2D eigenvalue weighted by Gasteiger charge is 2.14. The van der Waals surface area contributed by atoms with Crippen LogP contribution in [-0.2, 0) is 21.2 Å². The van der Waals surface area contributed by atoms with Gasteiger partial charge in [0, 0.05) is 11.6 Å². The highest BCUT2D eigenvalue weighted by molar-refractivity contribution is 7.89. The van der Waals surface area contributed by atoms with Crippen molar-refractivity contribution < 1.29 is 17.9 Å². The number of sulfonamides is 1. The minimum atomic E-state index is -3.63. The van der Waals surface area contributed by atoms with Crippen molar-refractivity contribution in [1.29, 1.82) is 0 Å². The van der Waals surface area contributed by atoms with Gasteiger partial charge in [-0.1, -0.05) is 23.7 Å². The van der Waals surface area contributed by atoms with Crippen LogP contribution >= 0.6 is 11.6 Å². The van der Waals surface area contributed by atoms with Crippen LogP contribution in [0.25, 0.3) is 0 Å². The van der Waals surface area contributed by atoms with Gasteiger partial charge < -0.3 is 4.74 Å². The van der Waals surface area contributed by atoms with E-state index in [9.17, 15) is 13.2 Å². The molecule has 0 aromatic heterocycles. The van der Waals surface area contributed by atoms with E-state index < -0.39 is 16.0 Å². The van der Waals surface area contributed by atoms with Gasteiger partial charge in [-0.05, 0) is 55.3 Å². The molecule has 0 radical (unpaired) electrons. The first-order chi connectivity index (χ1) is 11.4. The van der Waals surface area contributed by atoms with Crippen LogP contribution in [0, 0.1) is 0 Å². The van der Waals surface area contributed by atoms with Crippen molar-refractivity contribution in [2.45, 2.75) is 18.2 Å². The van der Waals surface area contributed by atoms with Crippen molar-refractivity contribution in [2.24, 2.45) is 0 Å². The van der Waals surface area contributed by atoms with Gasteiger partial charge in [-0.15, -0.1) is 0 Å². The predicted molar refractivity (Wildman–Crippen MR) is 92.7 cm³/mol. The number of carbonyl (C=O) groups excluding carboxylic acids is 1. The summed E-state index contributed by atoms with van der Waals surface area (Å²) < 4.78 is 31.9. The maximum absolute atomic E-state index is 12.2. The Morgan fingerprint density at radius 3 is 2.50 bits per heavy atom. The molecule has 0 spiro atoms. The average Bonchev–Trinajstić information content (AvgIpc) is 2.55. The van der Waals surface area contributed by atoms with Crippen molar-refractivity contribution in [3.05, 3.63) is 64.7 Å². The molecule has 2 rings (SSSR count). The lowest BCUT2D eigenvalue weighted by Gasteiger charge is -2.08. The summed E-state index contributed by atoms with van der Waals surface area (Å²) in [5.41, 5.74) is 1.26. The molecule has 0 aliphatic rings. The summed E-state index contributed by atoms with van der Waals surface area (Å²) in [5.74, 6) is -0.477. The second kappa shape index (κ2) is 8.28. The minimum Gasteiger partial charge on any atom is -0.462 e. The van der Waals surface area contributed by atoms with Crippen molar-refractivity contribution in [3.8, 4) is 0 Å². The molecule has 5 nitrogen and oxygen atoms in total. The smallest absolute Gasteiger partial charge is 0.338 e. The van der Waals surface area contributed by atoms with E-state index in [0.29, 0.717) is 17.0 Å². The van der Waals surface area contributed by atoms with Gasteiger partial charge in [0.2, 0.25) is 10.0 Å². The summed E-state index contributed by atoms with van der Waals surface area (Å²) in [6.45, 7) is 2.23. The first kappa shape index (κ1) is 18.4. The molecule has 0 fully saturated rings.